The summed E-state index contributed by atoms with van der Waals surface area (Å²) in [5, 5.41) is 4.00. The Kier molecular flexibility index (Phi) is 7.81. The van der Waals surface area contributed by atoms with Crippen molar-refractivity contribution in [3.63, 3.8) is 0 Å². The second kappa shape index (κ2) is 10.5. The molecule has 0 aliphatic carbocycles. The molecular weight excluding hydrogens is 566 g/mol. The van der Waals surface area contributed by atoms with Gasteiger partial charge in [-0.3, -0.25) is 4.79 Å². The van der Waals surface area contributed by atoms with Crippen LogP contribution < -0.4 is 14.9 Å². The normalized spacial score (nSPS) is 10.8. The van der Waals surface area contributed by atoms with Crippen molar-refractivity contribution >= 4 is 50.6 Å². The first-order chi connectivity index (χ1) is 14.5. The van der Waals surface area contributed by atoms with E-state index in [9.17, 15) is 9.18 Å². The summed E-state index contributed by atoms with van der Waals surface area (Å²) in [4.78, 5) is 12.2. The third-order valence-corrected chi connectivity index (χ3v) is 5.57. The van der Waals surface area contributed by atoms with Crippen LogP contribution in [-0.2, 0) is 6.61 Å². The fourth-order valence-electron chi connectivity index (χ4n) is 2.49. The molecule has 0 heterocycles. The van der Waals surface area contributed by atoms with E-state index in [1.165, 1.54) is 18.3 Å². The second-order valence-electron chi connectivity index (χ2n) is 6.15. The number of amides is 1. The lowest BCUT2D eigenvalue weighted by Gasteiger charge is -2.09. The second-order valence-corrected chi connectivity index (χ2v) is 8.17. The van der Waals surface area contributed by atoms with Gasteiger partial charge in [-0.1, -0.05) is 12.1 Å². The lowest BCUT2D eigenvalue weighted by atomic mass is 10.2. The van der Waals surface area contributed by atoms with Crippen molar-refractivity contribution in [3.05, 3.63) is 91.2 Å². The Bertz CT molecular complexity index is 1070. The minimum Gasteiger partial charge on any atom is -0.496 e. The Morgan fingerprint density at radius 1 is 1.13 bits per heavy atom. The lowest BCUT2D eigenvalue weighted by molar-refractivity contribution is 0.0954. The number of methoxy groups -OCH3 is 1. The predicted molar refractivity (Wildman–Crippen MR) is 126 cm³/mol. The number of hydrogen-bond donors (Lipinski definition) is 1. The maximum Gasteiger partial charge on any atom is 0.271 e. The number of hydrogen-bond acceptors (Lipinski definition) is 4. The molecule has 0 bridgehead atoms. The summed E-state index contributed by atoms with van der Waals surface area (Å²) in [6.45, 7) is 0.321. The fraction of sp³-hybridized carbons (Fsp3) is 0.0909. The summed E-state index contributed by atoms with van der Waals surface area (Å²) in [5.41, 5.74) is 4.59. The van der Waals surface area contributed by atoms with Gasteiger partial charge in [0.1, 0.15) is 23.9 Å². The Morgan fingerprint density at radius 3 is 2.60 bits per heavy atom. The van der Waals surface area contributed by atoms with E-state index in [1.54, 1.807) is 43.5 Å². The number of benzene rings is 3. The predicted octanol–water partition coefficient (Wildman–Crippen LogP) is 5.54. The highest BCUT2D eigenvalue weighted by molar-refractivity contribution is 14.1. The minimum absolute atomic E-state index is 0.281. The molecule has 30 heavy (non-hydrogen) atoms. The van der Waals surface area contributed by atoms with Crippen molar-refractivity contribution in [3.8, 4) is 11.5 Å². The average Bonchev–Trinajstić information content (AvgIpc) is 2.74. The fourth-order valence-corrected chi connectivity index (χ4v) is 3.55. The molecule has 0 atom stereocenters. The highest BCUT2D eigenvalue weighted by Gasteiger charge is 2.08. The number of hydrazone groups is 1. The van der Waals surface area contributed by atoms with Gasteiger partial charge in [0.05, 0.1) is 21.4 Å². The van der Waals surface area contributed by atoms with E-state index in [0.717, 1.165) is 19.2 Å². The molecule has 1 amide bonds. The first-order valence-corrected chi connectivity index (χ1v) is 10.7. The van der Waals surface area contributed by atoms with Crippen LogP contribution in [0, 0.1) is 9.39 Å². The zero-order chi connectivity index (χ0) is 21.5. The van der Waals surface area contributed by atoms with Crippen LogP contribution in [0.5, 0.6) is 11.5 Å². The zero-order valence-electron chi connectivity index (χ0n) is 15.9. The summed E-state index contributed by atoms with van der Waals surface area (Å²) in [6.07, 6.45) is 1.54. The van der Waals surface area contributed by atoms with Crippen LogP contribution in [0.15, 0.2) is 70.2 Å². The molecule has 0 aliphatic heterocycles. The highest BCUT2D eigenvalue weighted by atomic mass is 127. The largest absolute Gasteiger partial charge is 0.496 e. The van der Waals surface area contributed by atoms with E-state index in [0.29, 0.717) is 23.7 Å². The Morgan fingerprint density at radius 2 is 1.90 bits per heavy atom. The van der Waals surface area contributed by atoms with E-state index in [1.807, 2.05) is 12.1 Å². The lowest BCUT2D eigenvalue weighted by Crippen LogP contribution is -2.17. The molecule has 0 spiro atoms. The van der Waals surface area contributed by atoms with E-state index in [2.05, 4.69) is 49.0 Å². The number of carbonyl (C=O) groups is 1. The average molecular weight is 583 g/mol. The Hall–Kier alpha value is -2.46. The summed E-state index contributed by atoms with van der Waals surface area (Å²) >= 11 is 5.60. The summed E-state index contributed by atoms with van der Waals surface area (Å²) in [5.74, 6) is 0.662. The first-order valence-electron chi connectivity index (χ1n) is 8.80. The van der Waals surface area contributed by atoms with Gasteiger partial charge in [-0.15, -0.1) is 0 Å². The van der Waals surface area contributed by atoms with Crippen LogP contribution in [0.4, 0.5) is 4.39 Å². The maximum atomic E-state index is 13.0. The Balaban J connectivity index is 1.58. The quantitative estimate of drug-likeness (QED) is 0.226. The first kappa shape index (κ1) is 22.2. The number of carbonyl (C=O) groups excluding carboxylic acids is 1. The van der Waals surface area contributed by atoms with Crippen LogP contribution in [0.2, 0.25) is 0 Å². The van der Waals surface area contributed by atoms with Crippen molar-refractivity contribution in [2.24, 2.45) is 5.10 Å². The Labute approximate surface area is 195 Å². The smallest absolute Gasteiger partial charge is 0.271 e. The van der Waals surface area contributed by atoms with Crippen LogP contribution in [-0.4, -0.2) is 19.2 Å². The number of nitrogens with one attached hydrogen (secondary N) is 1. The zero-order valence-corrected chi connectivity index (χ0v) is 19.6. The monoisotopic (exact) mass is 582 g/mol. The number of ether oxygens (including phenoxy) is 2. The van der Waals surface area contributed by atoms with Crippen molar-refractivity contribution in [1.82, 2.24) is 5.43 Å². The van der Waals surface area contributed by atoms with E-state index in [4.69, 9.17) is 9.47 Å². The van der Waals surface area contributed by atoms with E-state index < -0.39 is 0 Å². The van der Waals surface area contributed by atoms with E-state index >= 15 is 0 Å². The van der Waals surface area contributed by atoms with Gasteiger partial charge in [0.15, 0.2) is 0 Å². The van der Waals surface area contributed by atoms with Gasteiger partial charge in [-0.2, -0.15) is 5.10 Å². The molecule has 0 saturated heterocycles. The summed E-state index contributed by atoms with van der Waals surface area (Å²) in [6, 6.07) is 16.8. The molecule has 8 heteroatoms. The standard InChI is InChI=1S/C22H17BrFIN2O3/c1-29-21-11-16(5-8-19(21)25)22(28)27-26-12-15-4-9-20(18(23)10-15)30-13-14-2-6-17(24)7-3-14/h2-12H,13H2,1H3,(H,27,28)/b26-12-. The topological polar surface area (TPSA) is 59.9 Å². The van der Waals surface area contributed by atoms with Gasteiger partial charge in [0.2, 0.25) is 0 Å². The molecule has 0 saturated carbocycles. The third-order valence-electron chi connectivity index (χ3n) is 4.06. The molecule has 0 radical (unpaired) electrons. The summed E-state index contributed by atoms with van der Waals surface area (Å²) < 4.78 is 25.6. The molecule has 0 aromatic heterocycles. The van der Waals surface area contributed by atoms with E-state index in [-0.39, 0.29) is 11.7 Å². The van der Waals surface area contributed by atoms with Crippen molar-refractivity contribution in [2.75, 3.05) is 7.11 Å². The van der Waals surface area contributed by atoms with Crippen molar-refractivity contribution in [2.45, 2.75) is 6.61 Å². The molecule has 0 fully saturated rings. The number of nitrogens with zero attached hydrogens (tertiary/aromatic N) is 1. The molecular formula is C22H17BrFIN2O3. The highest BCUT2D eigenvalue weighted by Crippen LogP contribution is 2.26. The molecule has 5 nitrogen and oxygen atoms in total. The van der Waals surface area contributed by atoms with Gasteiger partial charge in [-0.05, 0) is 98.2 Å². The van der Waals surface area contributed by atoms with Gasteiger partial charge in [-0.25, -0.2) is 9.82 Å². The molecule has 0 unspecified atom stereocenters. The number of rotatable bonds is 7. The SMILES string of the molecule is COc1cc(C(=O)N/N=C\c2ccc(OCc3ccc(F)cc3)c(Br)c2)ccc1I. The number of halogens is 3. The molecule has 3 aromatic carbocycles. The van der Waals surface area contributed by atoms with Crippen molar-refractivity contribution < 1.29 is 18.7 Å². The molecule has 154 valence electrons. The molecule has 3 aromatic rings. The van der Waals surface area contributed by atoms with Gasteiger partial charge >= 0.3 is 0 Å². The summed E-state index contributed by atoms with van der Waals surface area (Å²) in [7, 11) is 1.56. The maximum absolute atomic E-state index is 13.0. The van der Waals surface area contributed by atoms with Gasteiger partial charge in [0.25, 0.3) is 5.91 Å². The molecule has 1 N–H and O–H groups in total. The molecule has 3 rings (SSSR count). The van der Waals surface area contributed by atoms with Crippen LogP contribution in [0.3, 0.4) is 0 Å². The van der Waals surface area contributed by atoms with Crippen molar-refractivity contribution in [1.29, 1.82) is 0 Å². The van der Waals surface area contributed by atoms with Crippen LogP contribution in [0.25, 0.3) is 0 Å². The van der Waals surface area contributed by atoms with Gasteiger partial charge < -0.3 is 9.47 Å². The van der Waals surface area contributed by atoms with Crippen LogP contribution >= 0.6 is 38.5 Å². The van der Waals surface area contributed by atoms with Crippen LogP contribution in [0.1, 0.15) is 21.5 Å². The molecule has 0 aliphatic rings. The van der Waals surface area contributed by atoms with Gasteiger partial charge in [0, 0.05) is 5.56 Å². The minimum atomic E-state index is -0.334. The third kappa shape index (κ3) is 6.02.